The first-order valence-corrected chi connectivity index (χ1v) is 4.21. The third-order valence-electron chi connectivity index (χ3n) is 1.96. The number of rotatable bonds is 0. The Kier molecular flexibility index (Phi) is 5.19. The third kappa shape index (κ3) is 3.72. The molecule has 0 radical (unpaired) electrons. The monoisotopic (exact) mass is 204 g/mol. The van der Waals surface area contributed by atoms with Gasteiger partial charge in [0.25, 0.3) is 0 Å². The first-order chi connectivity index (χ1) is 5.41. The van der Waals surface area contributed by atoms with Gasteiger partial charge in [-0.3, -0.25) is 0 Å². The van der Waals surface area contributed by atoms with Crippen LogP contribution in [-0.2, 0) is 5.41 Å². The van der Waals surface area contributed by atoms with E-state index in [1.165, 1.54) is 5.56 Å². The van der Waals surface area contributed by atoms with Crippen molar-refractivity contribution >= 4 is 0 Å². The Morgan fingerprint density at radius 1 is 1.23 bits per heavy atom. The molecule has 1 rings (SSSR count). The molecule has 1 aromatic carbocycles. The maximum Gasteiger partial charge on any atom is 1.00 e. The van der Waals surface area contributed by atoms with Crippen molar-refractivity contribution in [2.75, 3.05) is 0 Å². The normalized spacial score (nSPS) is 10.8. The van der Waals surface area contributed by atoms with Crippen molar-refractivity contribution in [1.82, 2.24) is 0 Å². The van der Waals surface area contributed by atoms with E-state index in [-0.39, 0.29) is 58.2 Å². The quantitative estimate of drug-likeness (QED) is 0.595. The molecule has 2 heteroatoms. The second kappa shape index (κ2) is 4.94. The van der Waals surface area contributed by atoms with Crippen molar-refractivity contribution in [3.8, 4) is 5.75 Å². The fraction of sp³-hybridized carbons (Fsp3) is 0.455. The van der Waals surface area contributed by atoms with Crippen molar-refractivity contribution in [3.63, 3.8) is 0 Å². The van der Waals surface area contributed by atoms with Crippen LogP contribution in [0.5, 0.6) is 5.75 Å². The number of aryl methyl sites for hydroxylation is 1. The molecule has 1 N–H and O–H groups in total. The van der Waals surface area contributed by atoms with Gasteiger partial charge in [-0.15, -0.1) is 0 Å². The minimum Gasteiger partial charge on any atom is -1.00 e. The first kappa shape index (κ1) is 13.7. The van der Waals surface area contributed by atoms with Gasteiger partial charge in [-0.25, -0.2) is 0 Å². The van der Waals surface area contributed by atoms with E-state index in [0.717, 1.165) is 5.56 Å². The predicted molar refractivity (Wildman–Crippen MR) is 52.7 cm³/mol. The van der Waals surface area contributed by atoms with E-state index in [2.05, 4.69) is 20.8 Å². The topological polar surface area (TPSA) is 20.2 Å². The van der Waals surface area contributed by atoms with Crippen molar-refractivity contribution < 1.29 is 57.9 Å². The van der Waals surface area contributed by atoms with Gasteiger partial charge in [0, 0.05) is 0 Å². The average Bonchev–Trinajstić information content (AvgIpc) is 1.92. The van der Waals surface area contributed by atoms with E-state index in [1.807, 2.05) is 19.1 Å². The Balaban J connectivity index is 0. The Morgan fingerprint density at radius 2 is 1.77 bits per heavy atom. The Labute approximate surface area is 124 Å². The Morgan fingerprint density at radius 3 is 2.15 bits per heavy atom. The molecule has 0 saturated heterocycles. The largest absolute Gasteiger partial charge is 1.00 e. The molecule has 0 atom stereocenters. The molecule has 0 heterocycles. The van der Waals surface area contributed by atoms with Gasteiger partial charge in [0.15, 0.2) is 0 Å². The van der Waals surface area contributed by atoms with Crippen LogP contribution >= 0.6 is 0 Å². The molecule has 0 spiro atoms. The molecular weight excluding hydrogens is 187 g/mol. The molecule has 0 fully saturated rings. The molecule has 0 bridgehead atoms. The van der Waals surface area contributed by atoms with Gasteiger partial charge in [-0.1, -0.05) is 38.5 Å². The standard InChI is InChI=1S/C11H16O.K.H/c1-8-5-6-10(12)9(7-8)11(2,3)4;;/h5-7,12H,1-4H3;;/q;+1;-1. The SMILES string of the molecule is Cc1ccc(O)c(C(C)(C)C)c1.[H-].[K+]. The molecule has 1 nitrogen and oxygen atoms in total. The molecule has 0 aliphatic heterocycles. The average molecular weight is 204 g/mol. The molecule has 68 valence electrons. The van der Waals surface area contributed by atoms with Crippen LogP contribution in [0.1, 0.15) is 33.3 Å². The minimum absolute atomic E-state index is 0. The zero-order valence-electron chi connectivity index (χ0n) is 10.2. The van der Waals surface area contributed by atoms with Crippen molar-refractivity contribution in [2.24, 2.45) is 0 Å². The van der Waals surface area contributed by atoms with Gasteiger partial charge < -0.3 is 6.53 Å². The summed E-state index contributed by atoms with van der Waals surface area (Å²) in [6.45, 7) is 8.33. The molecule has 1 aromatic rings. The van der Waals surface area contributed by atoms with E-state index in [0.29, 0.717) is 5.75 Å². The van der Waals surface area contributed by atoms with Crippen LogP contribution in [0.2, 0.25) is 0 Å². The first-order valence-electron chi connectivity index (χ1n) is 4.21. The summed E-state index contributed by atoms with van der Waals surface area (Å²) < 4.78 is 0. The fourth-order valence-corrected chi connectivity index (χ4v) is 1.25. The van der Waals surface area contributed by atoms with Crippen LogP contribution in [0.15, 0.2) is 18.2 Å². The molecule has 13 heavy (non-hydrogen) atoms. The van der Waals surface area contributed by atoms with E-state index < -0.39 is 0 Å². The van der Waals surface area contributed by atoms with E-state index in [9.17, 15) is 5.11 Å². The van der Waals surface area contributed by atoms with Gasteiger partial charge in [0.05, 0.1) is 0 Å². The van der Waals surface area contributed by atoms with Crippen molar-refractivity contribution in [3.05, 3.63) is 29.3 Å². The zero-order valence-corrected chi connectivity index (χ0v) is 12.3. The van der Waals surface area contributed by atoms with Crippen molar-refractivity contribution in [2.45, 2.75) is 33.1 Å². The summed E-state index contributed by atoms with van der Waals surface area (Å²) in [6, 6.07) is 5.72. The third-order valence-corrected chi connectivity index (χ3v) is 1.96. The summed E-state index contributed by atoms with van der Waals surface area (Å²) >= 11 is 0. The summed E-state index contributed by atoms with van der Waals surface area (Å²) in [5.74, 6) is 0.396. The van der Waals surface area contributed by atoms with Crippen LogP contribution in [-0.4, -0.2) is 5.11 Å². The van der Waals surface area contributed by atoms with Gasteiger partial charge in [0.2, 0.25) is 0 Å². The van der Waals surface area contributed by atoms with E-state index in [1.54, 1.807) is 6.07 Å². The smallest absolute Gasteiger partial charge is 1.00 e. The maximum absolute atomic E-state index is 9.57. The summed E-state index contributed by atoms with van der Waals surface area (Å²) in [6.07, 6.45) is 0. The second-order valence-corrected chi connectivity index (χ2v) is 4.27. The molecule has 0 amide bonds. The van der Waals surface area contributed by atoms with E-state index >= 15 is 0 Å². The summed E-state index contributed by atoms with van der Waals surface area (Å²) in [7, 11) is 0. The number of benzene rings is 1. The number of hydrogen-bond acceptors (Lipinski definition) is 1. The molecule has 0 aliphatic rings. The Hall–Kier alpha value is 0.656. The zero-order chi connectivity index (χ0) is 9.35. The Bertz CT molecular complexity index is 292. The molecule has 0 unspecified atom stereocenters. The van der Waals surface area contributed by atoms with Crippen LogP contribution in [0, 0.1) is 6.92 Å². The van der Waals surface area contributed by atoms with Gasteiger partial charge in [-0.05, 0) is 24.0 Å². The molecule has 0 aliphatic carbocycles. The van der Waals surface area contributed by atoms with E-state index in [4.69, 9.17) is 0 Å². The summed E-state index contributed by atoms with van der Waals surface area (Å²) in [4.78, 5) is 0. The fourth-order valence-electron chi connectivity index (χ4n) is 1.25. The van der Waals surface area contributed by atoms with Gasteiger partial charge in [-0.2, -0.15) is 0 Å². The number of hydrogen-bond donors (Lipinski definition) is 1. The predicted octanol–water partition coefficient (Wildman–Crippen LogP) is 0.115. The molecule has 0 aromatic heterocycles. The van der Waals surface area contributed by atoms with Crippen LogP contribution in [0.25, 0.3) is 0 Å². The number of phenolic OH excluding ortho intramolecular Hbond substituents is 1. The maximum atomic E-state index is 9.57. The summed E-state index contributed by atoms with van der Waals surface area (Å²) in [5, 5.41) is 9.57. The number of aromatic hydroxyl groups is 1. The van der Waals surface area contributed by atoms with Gasteiger partial charge in [0.1, 0.15) is 5.75 Å². The van der Waals surface area contributed by atoms with Crippen LogP contribution < -0.4 is 51.4 Å². The molecule has 0 saturated carbocycles. The second-order valence-electron chi connectivity index (χ2n) is 4.27. The minimum atomic E-state index is 0. The van der Waals surface area contributed by atoms with Crippen LogP contribution in [0.4, 0.5) is 0 Å². The van der Waals surface area contributed by atoms with Gasteiger partial charge >= 0.3 is 51.4 Å². The van der Waals surface area contributed by atoms with Crippen molar-refractivity contribution in [1.29, 1.82) is 0 Å². The summed E-state index contributed by atoms with van der Waals surface area (Å²) in [5.41, 5.74) is 2.23. The van der Waals surface area contributed by atoms with Crippen LogP contribution in [0.3, 0.4) is 0 Å². The number of phenols is 1. The molecular formula is C11H17KO.